The predicted molar refractivity (Wildman–Crippen MR) is 71.2 cm³/mol. The van der Waals surface area contributed by atoms with Gasteiger partial charge in [0, 0.05) is 6.04 Å². The number of benzene rings is 1. The van der Waals surface area contributed by atoms with Crippen LogP contribution < -0.4 is 5.73 Å². The third-order valence-corrected chi connectivity index (χ3v) is 2.65. The number of esters is 1. The van der Waals surface area contributed by atoms with Crippen molar-refractivity contribution in [3.05, 3.63) is 30.6 Å². The van der Waals surface area contributed by atoms with Crippen molar-refractivity contribution in [1.82, 2.24) is 9.55 Å². The highest BCUT2D eigenvalue weighted by Crippen LogP contribution is 2.19. The first-order valence-corrected chi connectivity index (χ1v) is 5.78. The molecule has 0 aliphatic carbocycles. The van der Waals surface area contributed by atoms with Crippen molar-refractivity contribution in [3.63, 3.8) is 0 Å². The Kier molecular flexibility index (Phi) is 5.32. The van der Waals surface area contributed by atoms with Gasteiger partial charge in [0.2, 0.25) is 0 Å². The third kappa shape index (κ3) is 3.07. The zero-order chi connectivity index (χ0) is 13.5. The minimum absolute atomic E-state index is 0.0554. The number of carbonyl (C=O) groups is 1. The maximum atomic E-state index is 11.2. The number of hydrogen-bond acceptors (Lipinski definition) is 4. The van der Waals surface area contributed by atoms with Crippen molar-refractivity contribution >= 4 is 17.0 Å². The summed E-state index contributed by atoms with van der Waals surface area (Å²) in [6.45, 7) is 1.98. The quantitative estimate of drug-likeness (QED) is 0.841. The molecule has 98 valence electrons. The van der Waals surface area contributed by atoms with E-state index in [0.717, 1.165) is 11.0 Å². The van der Waals surface area contributed by atoms with E-state index in [1.165, 1.54) is 14.2 Å². The second kappa shape index (κ2) is 6.76. The van der Waals surface area contributed by atoms with Crippen molar-refractivity contribution < 1.29 is 9.53 Å². The summed E-state index contributed by atoms with van der Waals surface area (Å²) in [5, 5.41) is 0. The SMILES string of the molecule is CN.COC(=O)CC(C)n1cnc2ccccc21. The van der Waals surface area contributed by atoms with E-state index in [1.54, 1.807) is 6.33 Å². The lowest BCUT2D eigenvalue weighted by atomic mass is 10.2. The van der Waals surface area contributed by atoms with Gasteiger partial charge in [-0.15, -0.1) is 0 Å². The molecule has 0 amide bonds. The predicted octanol–water partition coefficient (Wildman–Crippen LogP) is 1.74. The van der Waals surface area contributed by atoms with Gasteiger partial charge in [-0.25, -0.2) is 4.98 Å². The van der Waals surface area contributed by atoms with Gasteiger partial charge in [-0.3, -0.25) is 4.79 Å². The highest BCUT2D eigenvalue weighted by Gasteiger charge is 2.13. The maximum Gasteiger partial charge on any atom is 0.307 e. The van der Waals surface area contributed by atoms with E-state index in [0.29, 0.717) is 6.42 Å². The number of methoxy groups -OCH3 is 1. The first kappa shape index (κ1) is 14.2. The van der Waals surface area contributed by atoms with Crippen LogP contribution in [0.3, 0.4) is 0 Å². The van der Waals surface area contributed by atoms with Gasteiger partial charge < -0.3 is 15.0 Å². The van der Waals surface area contributed by atoms with Crippen LogP contribution in [-0.2, 0) is 9.53 Å². The molecule has 2 N–H and O–H groups in total. The molecular weight excluding hydrogens is 230 g/mol. The molecule has 0 bridgehead atoms. The van der Waals surface area contributed by atoms with Crippen LogP contribution in [0, 0.1) is 0 Å². The first-order chi connectivity index (χ1) is 8.72. The second-order valence-electron chi connectivity index (χ2n) is 3.77. The summed E-state index contributed by atoms with van der Waals surface area (Å²) in [6.07, 6.45) is 2.12. The van der Waals surface area contributed by atoms with Gasteiger partial charge in [0.25, 0.3) is 0 Å². The number of fused-ring (bicyclic) bond motifs is 1. The minimum Gasteiger partial charge on any atom is -0.469 e. The van der Waals surface area contributed by atoms with Gasteiger partial charge in [0.15, 0.2) is 0 Å². The van der Waals surface area contributed by atoms with Crippen LogP contribution >= 0.6 is 0 Å². The van der Waals surface area contributed by atoms with Gasteiger partial charge in [-0.1, -0.05) is 12.1 Å². The van der Waals surface area contributed by atoms with Gasteiger partial charge in [0.1, 0.15) is 0 Å². The molecule has 0 aliphatic rings. The minimum atomic E-state index is -0.203. The molecule has 5 heteroatoms. The molecule has 0 spiro atoms. The third-order valence-electron chi connectivity index (χ3n) is 2.65. The molecule has 0 saturated heterocycles. The average Bonchev–Trinajstić information content (AvgIpc) is 2.84. The molecular formula is C13H19N3O2. The molecule has 1 heterocycles. The Morgan fingerprint density at radius 1 is 1.44 bits per heavy atom. The Morgan fingerprint density at radius 2 is 2.11 bits per heavy atom. The van der Waals surface area contributed by atoms with Crippen LogP contribution in [0.5, 0.6) is 0 Å². The van der Waals surface area contributed by atoms with Crippen molar-refractivity contribution in [2.45, 2.75) is 19.4 Å². The molecule has 2 rings (SSSR count). The van der Waals surface area contributed by atoms with E-state index in [1.807, 2.05) is 35.8 Å². The summed E-state index contributed by atoms with van der Waals surface area (Å²) in [5.74, 6) is -0.203. The molecule has 2 aromatic rings. The van der Waals surface area contributed by atoms with Crippen molar-refractivity contribution in [2.24, 2.45) is 5.73 Å². The van der Waals surface area contributed by atoms with Gasteiger partial charge >= 0.3 is 5.97 Å². The molecule has 0 fully saturated rings. The van der Waals surface area contributed by atoms with Gasteiger partial charge in [-0.05, 0) is 26.1 Å². The topological polar surface area (TPSA) is 70.1 Å². The van der Waals surface area contributed by atoms with E-state index in [-0.39, 0.29) is 12.0 Å². The fourth-order valence-electron chi connectivity index (χ4n) is 1.75. The smallest absolute Gasteiger partial charge is 0.307 e. The van der Waals surface area contributed by atoms with Crippen LogP contribution in [0.4, 0.5) is 0 Å². The summed E-state index contributed by atoms with van der Waals surface area (Å²) in [7, 11) is 2.90. The number of imidazole rings is 1. The number of ether oxygens (including phenoxy) is 1. The lowest BCUT2D eigenvalue weighted by molar-refractivity contribution is -0.141. The molecule has 1 aromatic carbocycles. The number of hydrogen-bond donors (Lipinski definition) is 1. The van der Waals surface area contributed by atoms with Gasteiger partial charge in [0.05, 0.1) is 30.9 Å². The largest absolute Gasteiger partial charge is 0.469 e. The number of rotatable bonds is 3. The molecule has 1 aromatic heterocycles. The lowest BCUT2D eigenvalue weighted by Gasteiger charge is -2.12. The molecule has 0 radical (unpaired) electrons. The summed E-state index contributed by atoms with van der Waals surface area (Å²) in [5.41, 5.74) is 6.48. The van der Waals surface area contributed by atoms with Crippen LogP contribution in [-0.4, -0.2) is 29.7 Å². The Labute approximate surface area is 107 Å². The van der Waals surface area contributed by atoms with E-state index in [9.17, 15) is 4.79 Å². The van der Waals surface area contributed by atoms with Crippen LogP contribution in [0.1, 0.15) is 19.4 Å². The van der Waals surface area contributed by atoms with E-state index < -0.39 is 0 Å². The highest BCUT2D eigenvalue weighted by atomic mass is 16.5. The fraction of sp³-hybridized carbons (Fsp3) is 0.385. The lowest BCUT2D eigenvalue weighted by Crippen LogP contribution is -2.11. The molecule has 1 atom stereocenters. The zero-order valence-electron chi connectivity index (χ0n) is 11.0. The fourth-order valence-corrected chi connectivity index (χ4v) is 1.75. The first-order valence-electron chi connectivity index (χ1n) is 5.78. The average molecular weight is 249 g/mol. The van der Waals surface area contributed by atoms with Crippen molar-refractivity contribution in [3.8, 4) is 0 Å². The molecule has 5 nitrogen and oxygen atoms in total. The van der Waals surface area contributed by atoms with E-state index in [4.69, 9.17) is 0 Å². The summed E-state index contributed by atoms with van der Waals surface area (Å²) < 4.78 is 6.65. The number of carbonyl (C=O) groups excluding carboxylic acids is 1. The number of aromatic nitrogens is 2. The number of nitrogens with two attached hydrogens (primary N) is 1. The second-order valence-corrected chi connectivity index (χ2v) is 3.77. The Morgan fingerprint density at radius 3 is 2.78 bits per heavy atom. The van der Waals surface area contributed by atoms with Crippen LogP contribution in [0.2, 0.25) is 0 Å². The summed E-state index contributed by atoms with van der Waals surface area (Å²) in [4.78, 5) is 15.5. The van der Waals surface area contributed by atoms with E-state index in [2.05, 4.69) is 15.5 Å². The molecule has 18 heavy (non-hydrogen) atoms. The monoisotopic (exact) mass is 249 g/mol. The van der Waals surface area contributed by atoms with Gasteiger partial charge in [-0.2, -0.15) is 0 Å². The van der Waals surface area contributed by atoms with Crippen molar-refractivity contribution in [1.29, 1.82) is 0 Å². The normalized spacial score (nSPS) is 11.6. The van der Waals surface area contributed by atoms with Crippen LogP contribution in [0.15, 0.2) is 30.6 Å². The summed E-state index contributed by atoms with van der Waals surface area (Å²) in [6, 6.07) is 7.92. The Bertz CT molecular complexity index is 508. The Hall–Kier alpha value is -1.88. The Balaban J connectivity index is 0.000000771. The molecule has 1 unspecified atom stereocenters. The standard InChI is InChI=1S/C12H14N2O2.CH5N/c1-9(7-12(15)16-2)14-8-13-10-5-3-4-6-11(10)14;1-2/h3-6,8-9H,7H2,1-2H3;2H2,1H3. The number of para-hydroxylation sites is 2. The number of nitrogens with zero attached hydrogens (tertiary/aromatic N) is 2. The molecule has 0 saturated carbocycles. The van der Waals surface area contributed by atoms with Crippen molar-refractivity contribution in [2.75, 3.05) is 14.2 Å². The zero-order valence-corrected chi connectivity index (χ0v) is 11.0. The molecule has 0 aliphatic heterocycles. The highest BCUT2D eigenvalue weighted by molar-refractivity contribution is 5.76. The summed E-state index contributed by atoms with van der Waals surface area (Å²) >= 11 is 0. The van der Waals surface area contributed by atoms with Crippen LogP contribution in [0.25, 0.3) is 11.0 Å². The maximum absolute atomic E-state index is 11.2. The van der Waals surface area contributed by atoms with E-state index >= 15 is 0 Å².